The van der Waals surface area contributed by atoms with E-state index in [-0.39, 0.29) is 19.6 Å². The van der Waals surface area contributed by atoms with Crippen LogP contribution in [0.4, 0.5) is 0 Å². The Balaban J connectivity index is 3.12. The van der Waals surface area contributed by atoms with Crippen LogP contribution in [0.5, 0.6) is 0 Å². The number of rotatable bonds is 6. The average Bonchev–Trinajstić information content (AvgIpc) is 2.42. The van der Waals surface area contributed by atoms with E-state index in [1.165, 1.54) is 0 Å². The van der Waals surface area contributed by atoms with E-state index in [1.807, 2.05) is 13.0 Å². The summed E-state index contributed by atoms with van der Waals surface area (Å²) in [6.45, 7) is 5.42. The molecule has 0 saturated carbocycles. The standard InChI is InChI=1S/C15H20ClNO4/c1-4-20-13(18)15(17,14(19)21-5-2)9-11-7-6-10(3)8-12(11)16/h6-8H,4-5,9,17H2,1-3H3. The molecule has 1 aromatic rings. The molecule has 0 atom stereocenters. The Kier molecular flexibility index (Phi) is 6.18. The van der Waals surface area contributed by atoms with E-state index in [4.69, 9.17) is 26.8 Å². The number of benzene rings is 1. The first-order chi connectivity index (χ1) is 9.85. The molecule has 0 unspecified atom stereocenters. The first kappa shape index (κ1) is 17.5. The molecule has 0 radical (unpaired) electrons. The van der Waals surface area contributed by atoms with Crippen molar-refractivity contribution in [2.24, 2.45) is 5.73 Å². The predicted molar refractivity (Wildman–Crippen MR) is 80.1 cm³/mol. The van der Waals surface area contributed by atoms with Gasteiger partial charge in [0.2, 0.25) is 5.54 Å². The van der Waals surface area contributed by atoms with Gasteiger partial charge in [0.25, 0.3) is 0 Å². The van der Waals surface area contributed by atoms with Gasteiger partial charge >= 0.3 is 11.9 Å². The van der Waals surface area contributed by atoms with Crippen LogP contribution in [0.1, 0.15) is 25.0 Å². The topological polar surface area (TPSA) is 78.6 Å². The van der Waals surface area contributed by atoms with E-state index >= 15 is 0 Å². The lowest BCUT2D eigenvalue weighted by Crippen LogP contribution is -2.58. The van der Waals surface area contributed by atoms with Gasteiger partial charge in [-0.25, -0.2) is 9.59 Å². The third-order valence-corrected chi connectivity index (χ3v) is 3.31. The lowest BCUT2D eigenvalue weighted by Gasteiger charge is -2.25. The Labute approximate surface area is 129 Å². The fourth-order valence-corrected chi connectivity index (χ4v) is 2.15. The summed E-state index contributed by atoms with van der Waals surface area (Å²) in [6, 6.07) is 5.31. The molecule has 0 aliphatic heterocycles. The molecule has 6 heteroatoms. The van der Waals surface area contributed by atoms with Crippen molar-refractivity contribution in [2.75, 3.05) is 13.2 Å². The van der Waals surface area contributed by atoms with E-state index in [1.54, 1.807) is 26.0 Å². The molecule has 0 saturated heterocycles. The number of esters is 2. The van der Waals surface area contributed by atoms with Crippen LogP contribution in [0.15, 0.2) is 18.2 Å². The van der Waals surface area contributed by atoms with Crippen molar-refractivity contribution in [2.45, 2.75) is 32.7 Å². The van der Waals surface area contributed by atoms with Gasteiger partial charge in [-0.05, 0) is 38.0 Å². The number of nitrogens with two attached hydrogens (primary N) is 1. The zero-order valence-corrected chi connectivity index (χ0v) is 13.2. The Bertz CT molecular complexity index is 512. The number of ether oxygens (including phenoxy) is 2. The maximum atomic E-state index is 12.1. The van der Waals surface area contributed by atoms with Crippen molar-refractivity contribution in [3.05, 3.63) is 34.3 Å². The number of aryl methyl sites for hydroxylation is 1. The summed E-state index contributed by atoms with van der Waals surface area (Å²) in [5.41, 5.74) is 5.65. The number of carbonyl (C=O) groups is 2. The summed E-state index contributed by atoms with van der Waals surface area (Å²) in [6.07, 6.45) is -0.0796. The molecule has 2 N–H and O–H groups in total. The lowest BCUT2D eigenvalue weighted by atomic mass is 9.91. The summed E-state index contributed by atoms with van der Waals surface area (Å²) in [5.74, 6) is -1.64. The molecule has 1 rings (SSSR count). The predicted octanol–water partition coefficient (Wildman–Crippen LogP) is 2.01. The van der Waals surface area contributed by atoms with E-state index in [2.05, 4.69) is 0 Å². The maximum absolute atomic E-state index is 12.1. The largest absolute Gasteiger partial charge is 0.464 e. The van der Waals surface area contributed by atoms with Crippen molar-refractivity contribution < 1.29 is 19.1 Å². The minimum Gasteiger partial charge on any atom is -0.464 e. The van der Waals surface area contributed by atoms with Gasteiger partial charge in [0.15, 0.2) is 0 Å². The average molecular weight is 314 g/mol. The fourth-order valence-electron chi connectivity index (χ4n) is 1.84. The summed E-state index contributed by atoms with van der Waals surface area (Å²) in [7, 11) is 0. The maximum Gasteiger partial charge on any atom is 0.338 e. The summed E-state index contributed by atoms with van der Waals surface area (Å²) in [5, 5.41) is 0.443. The molecule has 21 heavy (non-hydrogen) atoms. The normalized spacial score (nSPS) is 11.1. The second kappa shape index (κ2) is 7.43. The molecule has 116 valence electrons. The molecule has 0 fully saturated rings. The zero-order valence-electron chi connectivity index (χ0n) is 12.4. The highest BCUT2D eigenvalue weighted by Crippen LogP contribution is 2.23. The van der Waals surface area contributed by atoms with Crippen molar-refractivity contribution in [1.82, 2.24) is 0 Å². The van der Waals surface area contributed by atoms with Gasteiger partial charge < -0.3 is 15.2 Å². The van der Waals surface area contributed by atoms with E-state index in [9.17, 15) is 9.59 Å². The molecule has 0 amide bonds. The molecule has 0 bridgehead atoms. The second-order valence-corrected chi connectivity index (χ2v) is 5.09. The summed E-state index contributed by atoms with van der Waals surface area (Å²) < 4.78 is 9.80. The summed E-state index contributed by atoms with van der Waals surface area (Å²) >= 11 is 6.14. The smallest absolute Gasteiger partial charge is 0.338 e. The third-order valence-electron chi connectivity index (χ3n) is 2.96. The third kappa shape index (κ3) is 4.19. The van der Waals surface area contributed by atoms with Gasteiger partial charge in [0.1, 0.15) is 0 Å². The van der Waals surface area contributed by atoms with Gasteiger partial charge in [-0.2, -0.15) is 0 Å². The fraction of sp³-hybridized carbons (Fsp3) is 0.467. The van der Waals surface area contributed by atoms with E-state index < -0.39 is 17.5 Å². The Hall–Kier alpha value is -1.59. The van der Waals surface area contributed by atoms with Crippen molar-refractivity contribution in [3.63, 3.8) is 0 Å². The molecule has 0 aromatic heterocycles. The van der Waals surface area contributed by atoms with Gasteiger partial charge in [0, 0.05) is 11.4 Å². The van der Waals surface area contributed by atoms with Crippen LogP contribution in [0.25, 0.3) is 0 Å². The van der Waals surface area contributed by atoms with Gasteiger partial charge in [-0.15, -0.1) is 0 Å². The van der Waals surface area contributed by atoms with Gasteiger partial charge in [-0.3, -0.25) is 0 Å². The highest BCUT2D eigenvalue weighted by Gasteiger charge is 2.45. The lowest BCUT2D eigenvalue weighted by molar-refractivity contribution is -0.163. The molecule has 5 nitrogen and oxygen atoms in total. The SMILES string of the molecule is CCOC(=O)C(N)(Cc1ccc(C)cc1Cl)C(=O)OCC. The number of hydrogen-bond acceptors (Lipinski definition) is 5. The minimum absolute atomic E-state index is 0.0796. The number of halogens is 1. The quantitative estimate of drug-likeness (QED) is 0.642. The Morgan fingerprint density at radius 2 is 1.71 bits per heavy atom. The Morgan fingerprint density at radius 3 is 2.14 bits per heavy atom. The second-order valence-electron chi connectivity index (χ2n) is 4.68. The molecule has 0 aliphatic rings. The number of hydrogen-bond donors (Lipinski definition) is 1. The molecule has 1 aromatic carbocycles. The molecule has 0 heterocycles. The van der Waals surface area contributed by atoms with Gasteiger partial charge in [0.05, 0.1) is 13.2 Å². The van der Waals surface area contributed by atoms with E-state index in [0.717, 1.165) is 5.56 Å². The Morgan fingerprint density at radius 1 is 1.19 bits per heavy atom. The van der Waals surface area contributed by atoms with Crippen LogP contribution in [-0.4, -0.2) is 30.7 Å². The molecule has 0 aliphatic carbocycles. The van der Waals surface area contributed by atoms with Crippen molar-refractivity contribution >= 4 is 23.5 Å². The van der Waals surface area contributed by atoms with Crippen LogP contribution in [0, 0.1) is 6.92 Å². The van der Waals surface area contributed by atoms with Crippen LogP contribution in [-0.2, 0) is 25.5 Å². The van der Waals surface area contributed by atoms with Crippen LogP contribution in [0.2, 0.25) is 5.02 Å². The van der Waals surface area contributed by atoms with Crippen molar-refractivity contribution in [3.8, 4) is 0 Å². The van der Waals surface area contributed by atoms with Crippen molar-refractivity contribution in [1.29, 1.82) is 0 Å². The minimum atomic E-state index is -1.90. The molecular weight excluding hydrogens is 294 g/mol. The molecular formula is C15H20ClNO4. The first-order valence-electron chi connectivity index (χ1n) is 6.73. The molecule has 0 spiro atoms. The van der Waals surface area contributed by atoms with Crippen LogP contribution in [0.3, 0.4) is 0 Å². The van der Waals surface area contributed by atoms with E-state index in [0.29, 0.717) is 10.6 Å². The van der Waals surface area contributed by atoms with Crippen LogP contribution >= 0.6 is 11.6 Å². The number of carbonyl (C=O) groups excluding carboxylic acids is 2. The first-order valence-corrected chi connectivity index (χ1v) is 7.11. The van der Waals surface area contributed by atoms with Crippen LogP contribution < -0.4 is 5.73 Å². The van der Waals surface area contributed by atoms with Gasteiger partial charge in [-0.1, -0.05) is 23.7 Å². The highest BCUT2D eigenvalue weighted by molar-refractivity contribution is 6.31. The highest BCUT2D eigenvalue weighted by atomic mass is 35.5. The zero-order chi connectivity index (χ0) is 16.0. The summed E-state index contributed by atoms with van der Waals surface area (Å²) in [4.78, 5) is 24.1. The monoisotopic (exact) mass is 313 g/mol.